The minimum Gasteiger partial charge on any atom is -0.313 e. The van der Waals surface area contributed by atoms with Crippen LogP contribution in [0.3, 0.4) is 0 Å². The Labute approximate surface area is 116 Å². The molecule has 0 aromatic rings. The van der Waals surface area contributed by atoms with Crippen molar-refractivity contribution in [2.45, 2.75) is 63.5 Å². The summed E-state index contributed by atoms with van der Waals surface area (Å²) in [6, 6.07) is 0.720. The zero-order chi connectivity index (χ0) is 12.7. The molecule has 1 rings (SSSR count). The summed E-state index contributed by atoms with van der Waals surface area (Å²) < 4.78 is 0. The lowest BCUT2D eigenvalue weighted by atomic mass is 9.90. The number of hydrogen-bond donors (Lipinski definition) is 1. The fraction of sp³-hybridized carbons (Fsp3) is 1.00. The maximum Gasteiger partial charge on any atom is 0.0320 e. The van der Waals surface area contributed by atoms with Crippen molar-refractivity contribution in [3.05, 3.63) is 0 Å². The number of nitrogens with one attached hydrogen (secondary N) is 1. The Balaban J connectivity index is 2.65. The van der Waals surface area contributed by atoms with Gasteiger partial charge in [-0.05, 0) is 18.9 Å². The molecule has 1 aliphatic heterocycles. The molecule has 3 atom stereocenters. The average molecular weight is 276 g/mol. The largest absolute Gasteiger partial charge is 0.313 e. The summed E-state index contributed by atoms with van der Waals surface area (Å²) in [6.45, 7) is 10.6. The summed E-state index contributed by atoms with van der Waals surface area (Å²) >= 11 is 4.37. The second-order valence-corrected chi connectivity index (χ2v) is 7.74. The predicted octanol–water partition coefficient (Wildman–Crippen LogP) is 4.03. The van der Waals surface area contributed by atoms with Crippen LogP contribution >= 0.6 is 23.5 Å². The summed E-state index contributed by atoms with van der Waals surface area (Å²) in [4.78, 5) is 0. The molecule has 1 fully saturated rings. The molecule has 0 bridgehead atoms. The van der Waals surface area contributed by atoms with Gasteiger partial charge in [0, 0.05) is 28.0 Å². The third-order valence-electron chi connectivity index (χ3n) is 3.78. The van der Waals surface area contributed by atoms with Crippen molar-refractivity contribution in [1.82, 2.24) is 5.32 Å². The van der Waals surface area contributed by atoms with Gasteiger partial charge in [0.25, 0.3) is 0 Å². The summed E-state index contributed by atoms with van der Waals surface area (Å²) in [5, 5.41) is 5.46. The van der Waals surface area contributed by atoms with E-state index in [1.807, 2.05) is 0 Å². The average Bonchev–Trinajstić information content (AvgIpc) is 2.36. The van der Waals surface area contributed by atoms with Crippen LogP contribution < -0.4 is 5.32 Å². The smallest absolute Gasteiger partial charge is 0.0320 e. The lowest BCUT2D eigenvalue weighted by Gasteiger charge is -2.39. The third-order valence-corrected chi connectivity index (χ3v) is 6.99. The van der Waals surface area contributed by atoms with E-state index in [0.717, 1.165) is 22.5 Å². The van der Waals surface area contributed by atoms with Crippen LogP contribution in [0.1, 0.15) is 47.0 Å². The summed E-state index contributed by atoms with van der Waals surface area (Å²) in [6.07, 6.45) is 3.87. The van der Waals surface area contributed by atoms with Gasteiger partial charge >= 0.3 is 0 Å². The number of rotatable bonds is 7. The predicted molar refractivity (Wildman–Crippen MR) is 84.3 cm³/mol. The van der Waals surface area contributed by atoms with Crippen LogP contribution in [0.2, 0.25) is 0 Å². The molecule has 1 nitrogen and oxygen atoms in total. The zero-order valence-electron chi connectivity index (χ0n) is 11.9. The van der Waals surface area contributed by atoms with Gasteiger partial charge in [0.15, 0.2) is 0 Å². The molecule has 0 aliphatic carbocycles. The molecule has 3 heteroatoms. The van der Waals surface area contributed by atoms with E-state index in [4.69, 9.17) is 0 Å². The first-order valence-electron chi connectivity index (χ1n) is 7.21. The van der Waals surface area contributed by atoms with Gasteiger partial charge in [-0.3, -0.25) is 0 Å². The Kier molecular flexibility index (Phi) is 8.05. The summed E-state index contributed by atoms with van der Waals surface area (Å²) in [5.41, 5.74) is 0. The molecular formula is C14H29NS2. The Bertz CT molecular complexity index is 195. The van der Waals surface area contributed by atoms with Crippen LogP contribution in [0.15, 0.2) is 0 Å². The molecule has 0 radical (unpaired) electrons. The summed E-state index contributed by atoms with van der Waals surface area (Å²) in [7, 11) is 0. The Morgan fingerprint density at radius 1 is 1.12 bits per heavy atom. The highest BCUT2D eigenvalue weighted by Crippen LogP contribution is 2.36. The van der Waals surface area contributed by atoms with Gasteiger partial charge in [0.1, 0.15) is 0 Å². The van der Waals surface area contributed by atoms with Crippen molar-refractivity contribution >= 4 is 23.5 Å². The molecule has 0 saturated carbocycles. The Morgan fingerprint density at radius 2 is 1.76 bits per heavy atom. The van der Waals surface area contributed by atoms with Gasteiger partial charge in [0.05, 0.1) is 0 Å². The van der Waals surface area contributed by atoms with E-state index in [1.54, 1.807) is 0 Å². The van der Waals surface area contributed by atoms with Gasteiger partial charge in [-0.2, -0.15) is 23.5 Å². The van der Waals surface area contributed by atoms with Crippen molar-refractivity contribution in [2.24, 2.45) is 5.92 Å². The quantitative estimate of drug-likeness (QED) is 0.753. The van der Waals surface area contributed by atoms with Crippen molar-refractivity contribution in [2.75, 3.05) is 18.1 Å². The molecule has 0 spiro atoms. The Hall–Kier alpha value is 0.660. The van der Waals surface area contributed by atoms with Gasteiger partial charge < -0.3 is 5.32 Å². The molecule has 17 heavy (non-hydrogen) atoms. The van der Waals surface area contributed by atoms with E-state index in [1.165, 1.54) is 37.3 Å². The molecule has 0 aromatic heterocycles. The fourth-order valence-corrected chi connectivity index (χ4v) is 5.74. The molecular weight excluding hydrogens is 246 g/mol. The Morgan fingerprint density at radius 3 is 2.29 bits per heavy atom. The molecule has 1 saturated heterocycles. The highest BCUT2D eigenvalue weighted by molar-refractivity contribution is 8.07. The maximum atomic E-state index is 3.84. The lowest BCUT2D eigenvalue weighted by molar-refractivity contribution is 0.325. The van der Waals surface area contributed by atoms with Crippen LogP contribution in [0.5, 0.6) is 0 Å². The minimum absolute atomic E-state index is 0.720. The molecule has 102 valence electrons. The lowest BCUT2D eigenvalue weighted by Crippen LogP contribution is -2.49. The zero-order valence-corrected chi connectivity index (χ0v) is 13.5. The monoisotopic (exact) mass is 275 g/mol. The fourth-order valence-electron chi connectivity index (χ4n) is 2.70. The van der Waals surface area contributed by atoms with E-state index in [9.17, 15) is 0 Å². The van der Waals surface area contributed by atoms with Crippen LogP contribution in [0.25, 0.3) is 0 Å². The third kappa shape index (κ3) is 4.68. The van der Waals surface area contributed by atoms with Crippen LogP contribution in [0.4, 0.5) is 0 Å². The van der Waals surface area contributed by atoms with E-state index >= 15 is 0 Å². The van der Waals surface area contributed by atoms with E-state index in [2.05, 4.69) is 56.5 Å². The van der Waals surface area contributed by atoms with Crippen molar-refractivity contribution in [3.8, 4) is 0 Å². The highest BCUT2D eigenvalue weighted by Gasteiger charge is 2.33. The first kappa shape index (κ1) is 15.7. The summed E-state index contributed by atoms with van der Waals surface area (Å²) in [5.74, 6) is 3.52. The van der Waals surface area contributed by atoms with Crippen LogP contribution in [-0.4, -0.2) is 34.6 Å². The SMILES string of the molecule is CCCNC(C(CC)CC)C1SCCSC1C. The van der Waals surface area contributed by atoms with Crippen molar-refractivity contribution in [1.29, 1.82) is 0 Å². The van der Waals surface area contributed by atoms with Gasteiger partial charge in [0.2, 0.25) is 0 Å². The van der Waals surface area contributed by atoms with E-state index in [0.29, 0.717) is 0 Å². The second-order valence-electron chi connectivity index (χ2n) is 4.97. The molecule has 1 heterocycles. The van der Waals surface area contributed by atoms with Gasteiger partial charge in [-0.1, -0.05) is 40.5 Å². The molecule has 0 aromatic carbocycles. The normalized spacial score (nSPS) is 27.4. The van der Waals surface area contributed by atoms with Crippen LogP contribution in [-0.2, 0) is 0 Å². The highest BCUT2D eigenvalue weighted by atomic mass is 32.2. The standard InChI is InChI=1S/C14H29NS2/c1-5-8-15-13(12(6-2)7-3)14-11(4)16-9-10-17-14/h11-15H,5-10H2,1-4H3. The molecule has 1 N–H and O–H groups in total. The molecule has 1 aliphatic rings. The van der Waals surface area contributed by atoms with Crippen molar-refractivity contribution < 1.29 is 0 Å². The van der Waals surface area contributed by atoms with E-state index < -0.39 is 0 Å². The van der Waals surface area contributed by atoms with Gasteiger partial charge in [-0.25, -0.2) is 0 Å². The van der Waals surface area contributed by atoms with Gasteiger partial charge in [-0.15, -0.1) is 0 Å². The first-order chi connectivity index (χ1) is 8.24. The second kappa shape index (κ2) is 8.71. The molecule has 0 amide bonds. The van der Waals surface area contributed by atoms with Crippen LogP contribution in [0, 0.1) is 5.92 Å². The topological polar surface area (TPSA) is 12.0 Å². The first-order valence-corrected chi connectivity index (χ1v) is 9.30. The molecule has 3 unspecified atom stereocenters. The van der Waals surface area contributed by atoms with Crippen molar-refractivity contribution in [3.63, 3.8) is 0 Å². The minimum atomic E-state index is 0.720. The number of hydrogen-bond acceptors (Lipinski definition) is 3. The number of thioether (sulfide) groups is 2. The van der Waals surface area contributed by atoms with E-state index in [-0.39, 0.29) is 0 Å². The maximum absolute atomic E-state index is 3.84.